The molecule has 0 bridgehead atoms. The zero-order valence-corrected chi connectivity index (χ0v) is 11.2. The van der Waals surface area contributed by atoms with Crippen molar-refractivity contribution in [3.8, 4) is 11.1 Å². The molecule has 3 N–H and O–H groups in total. The van der Waals surface area contributed by atoms with E-state index in [1.54, 1.807) is 6.92 Å². The van der Waals surface area contributed by atoms with Crippen LogP contribution in [0.4, 0.5) is 5.69 Å². The van der Waals surface area contributed by atoms with E-state index in [4.69, 9.17) is 5.73 Å². The molecule has 0 radical (unpaired) electrons. The van der Waals surface area contributed by atoms with Crippen LogP contribution in [0.3, 0.4) is 0 Å². The van der Waals surface area contributed by atoms with E-state index in [-0.39, 0.29) is 5.91 Å². The monoisotopic (exact) mass is 254 g/mol. The van der Waals surface area contributed by atoms with Gasteiger partial charge in [-0.3, -0.25) is 4.79 Å². The van der Waals surface area contributed by atoms with Gasteiger partial charge in [-0.15, -0.1) is 0 Å². The van der Waals surface area contributed by atoms with E-state index in [0.29, 0.717) is 0 Å². The van der Waals surface area contributed by atoms with Crippen LogP contribution >= 0.6 is 0 Å². The maximum atomic E-state index is 11.6. The highest BCUT2D eigenvalue weighted by molar-refractivity contribution is 5.95. The first kappa shape index (κ1) is 13.3. The predicted molar refractivity (Wildman–Crippen MR) is 78.9 cm³/mol. The van der Waals surface area contributed by atoms with Crippen molar-refractivity contribution in [2.45, 2.75) is 19.9 Å². The zero-order chi connectivity index (χ0) is 13.8. The molecule has 98 valence electrons. The highest BCUT2D eigenvalue weighted by atomic mass is 16.2. The Morgan fingerprint density at radius 1 is 1.16 bits per heavy atom. The summed E-state index contributed by atoms with van der Waals surface area (Å²) in [5.41, 5.74) is 9.74. The van der Waals surface area contributed by atoms with E-state index in [1.807, 2.05) is 36.4 Å². The maximum absolute atomic E-state index is 11.6. The number of carbonyl (C=O) groups excluding carboxylic acids is 1. The molecular formula is C16H18N2O. The van der Waals surface area contributed by atoms with E-state index in [2.05, 4.69) is 24.4 Å². The third-order valence-corrected chi connectivity index (χ3v) is 3.00. The molecule has 0 fully saturated rings. The van der Waals surface area contributed by atoms with Crippen LogP contribution < -0.4 is 11.1 Å². The number of amides is 1. The summed E-state index contributed by atoms with van der Waals surface area (Å²) >= 11 is 0. The molecule has 0 heterocycles. The van der Waals surface area contributed by atoms with Crippen molar-refractivity contribution in [3.63, 3.8) is 0 Å². The summed E-state index contributed by atoms with van der Waals surface area (Å²) in [6, 6.07) is 15.5. The highest BCUT2D eigenvalue weighted by Gasteiger charge is 2.09. The molecule has 0 aliphatic carbocycles. The molecule has 0 spiro atoms. The molecule has 3 heteroatoms. The van der Waals surface area contributed by atoms with Gasteiger partial charge in [0.1, 0.15) is 0 Å². The van der Waals surface area contributed by atoms with E-state index in [0.717, 1.165) is 16.8 Å². The SMILES string of the molecule is Cc1ccc(NC(=O)C(C)N)cc1-c1ccccc1. The van der Waals surface area contributed by atoms with Gasteiger partial charge >= 0.3 is 0 Å². The molecule has 2 aromatic rings. The number of hydrogen-bond donors (Lipinski definition) is 2. The molecule has 0 saturated carbocycles. The van der Waals surface area contributed by atoms with Gasteiger partial charge in [-0.2, -0.15) is 0 Å². The molecule has 2 rings (SSSR count). The average molecular weight is 254 g/mol. The van der Waals surface area contributed by atoms with E-state index >= 15 is 0 Å². The lowest BCUT2D eigenvalue weighted by Crippen LogP contribution is -2.32. The second kappa shape index (κ2) is 5.67. The van der Waals surface area contributed by atoms with Crippen molar-refractivity contribution in [2.24, 2.45) is 5.73 Å². The van der Waals surface area contributed by atoms with Crippen LogP contribution in [-0.2, 0) is 4.79 Å². The fourth-order valence-electron chi connectivity index (χ4n) is 1.88. The number of hydrogen-bond acceptors (Lipinski definition) is 2. The van der Waals surface area contributed by atoms with Crippen LogP contribution in [0.5, 0.6) is 0 Å². The first-order chi connectivity index (χ1) is 9.08. The molecular weight excluding hydrogens is 236 g/mol. The number of anilines is 1. The summed E-state index contributed by atoms with van der Waals surface area (Å²) < 4.78 is 0. The van der Waals surface area contributed by atoms with Crippen molar-refractivity contribution in [1.29, 1.82) is 0 Å². The summed E-state index contributed by atoms with van der Waals surface area (Å²) in [7, 11) is 0. The van der Waals surface area contributed by atoms with E-state index in [1.165, 1.54) is 5.56 Å². The molecule has 1 unspecified atom stereocenters. The molecule has 0 aromatic heterocycles. The Kier molecular flexibility index (Phi) is 3.97. The van der Waals surface area contributed by atoms with Crippen molar-refractivity contribution in [1.82, 2.24) is 0 Å². The summed E-state index contributed by atoms with van der Waals surface area (Å²) in [5.74, 6) is -0.178. The number of rotatable bonds is 3. The first-order valence-corrected chi connectivity index (χ1v) is 6.30. The molecule has 1 atom stereocenters. The van der Waals surface area contributed by atoms with Gasteiger partial charge in [-0.25, -0.2) is 0 Å². The van der Waals surface area contributed by atoms with Crippen LogP contribution in [0.1, 0.15) is 12.5 Å². The summed E-state index contributed by atoms with van der Waals surface area (Å²) in [6.07, 6.45) is 0. The summed E-state index contributed by atoms with van der Waals surface area (Å²) in [4.78, 5) is 11.6. The Balaban J connectivity index is 2.33. The lowest BCUT2D eigenvalue weighted by atomic mass is 10.00. The quantitative estimate of drug-likeness (QED) is 0.884. The number of benzene rings is 2. The van der Waals surface area contributed by atoms with Gasteiger partial charge in [0.05, 0.1) is 6.04 Å². The zero-order valence-electron chi connectivity index (χ0n) is 11.2. The topological polar surface area (TPSA) is 55.1 Å². The minimum atomic E-state index is -0.513. The van der Waals surface area contributed by atoms with Gasteiger partial charge in [0.2, 0.25) is 5.91 Å². The number of carbonyl (C=O) groups is 1. The normalized spacial score (nSPS) is 11.9. The van der Waals surface area contributed by atoms with Gasteiger partial charge in [-0.05, 0) is 42.7 Å². The highest BCUT2D eigenvalue weighted by Crippen LogP contribution is 2.26. The van der Waals surface area contributed by atoms with Gasteiger partial charge in [0.25, 0.3) is 0 Å². The largest absolute Gasteiger partial charge is 0.325 e. The molecule has 2 aromatic carbocycles. The van der Waals surface area contributed by atoms with E-state index < -0.39 is 6.04 Å². The van der Waals surface area contributed by atoms with Crippen molar-refractivity contribution < 1.29 is 4.79 Å². The van der Waals surface area contributed by atoms with Crippen LogP contribution in [0, 0.1) is 6.92 Å². The molecule has 19 heavy (non-hydrogen) atoms. The Bertz CT molecular complexity index is 577. The third kappa shape index (κ3) is 3.20. The Labute approximate surface area is 113 Å². The average Bonchev–Trinajstić information content (AvgIpc) is 2.41. The molecule has 0 aliphatic heterocycles. The minimum absolute atomic E-state index is 0.178. The van der Waals surface area contributed by atoms with E-state index in [9.17, 15) is 4.79 Å². The lowest BCUT2D eigenvalue weighted by molar-refractivity contribution is -0.117. The number of aryl methyl sites for hydroxylation is 1. The Hall–Kier alpha value is -2.13. The molecule has 0 aliphatic rings. The maximum Gasteiger partial charge on any atom is 0.240 e. The summed E-state index contributed by atoms with van der Waals surface area (Å²) in [6.45, 7) is 3.72. The van der Waals surface area contributed by atoms with Crippen molar-refractivity contribution in [2.75, 3.05) is 5.32 Å². The van der Waals surface area contributed by atoms with Crippen molar-refractivity contribution in [3.05, 3.63) is 54.1 Å². The second-order valence-electron chi connectivity index (χ2n) is 4.67. The molecule has 0 saturated heterocycles. The van der Waals surface area contributed by atoms with Gasteiger partial charge in [0.15, 0.2) is 0 Å². The number of nitrogens with two attached hydrogens (primary N) is 1. The standard InChI is InChI=1S/C16H18N2O/c1-11-8-9-14(18-16(19)12(2)17)10-15(11)13-6-4-3-5-7-13/h3-10,12H,17H2,1-2H3,(H,18,19). The number of nitrogens with one attached hydrogen (secondary N) is 1. The fraction of sp³-hybridized carbons (Fsp3) is 0.188. The van der Waals surface area contributed by atoms with Crippen LogP contribution in [-0.4, -0.2) is 11.9 Å². The fourth-order valence-corrected chi connectivity index (χ4v) is 1.88. The van der Waals surface area contributed by atoms with Gasteiger partial charge in [0, 0.05) is 5.69 Å². The van der Waals surface area contributed by atoms with Gasteiger partial charge in [-0.1, -0.05) is 36.4 Å². The van der Waals surface area contributed by atoms with Gasteiger partial charge < -0.3 is 11.1 Å². The minimum Gasteiger partial charge on any atom is -0.325 e. The predicted octanol–water partition coefficient (Wildman–Crippen LogP) is 2.95. The third-order valence-electron chi connectivity index (χ3n) is 3.00. The molecule has 1 amide bonds. The smallest absolute Gasteiger partial charge is 0.240 e. The van der Waals surface area contributed by atoms with Crippen LogP contribution in [0.15, 0.2) is 48.5 Å². The Morgan fingerprint density at radius 2 is 1.84 bits per heavy atom. The van der Waals surface area contributed by atoms with Crippen molar-refractivity contribution >= 4 is 11.6 Å². The second-order valence-corrected chi connectivity index (χ2v) is 4.67. The lowest BCUT2D eigenvalue weighted by Gasteiger charge is -2.11. The van der Waals surface area contributed by atoms with Crippen LogP contribution in [0.25, 0.3) is 11.1 Å². The summed E-state index contributed by atoms with van der Waals surface area (Å²) in [5, 5.41) is 2.81. The Morgan fingerprint density at radius 3 is 2.47 bits per heavy atom. The first-order valence-electron chi connectivity index (χ1n) is 6.30. The molecule has 3 nitrogen and oxygen atoms in total. The van der Waals surface area contributed by atoms with Crippen LogP contribution in [0.2, 0.25) is 0 Å².